The van der Waals surface area contributed by atoms with Crippen molar-refractivity contribution < 1.29 is 14.7 Å². The molecule has 0 bridgehead atoms. The van der Waals surface area contributed by atoms with Gasteiger partial charge in [-0.2, -0.15) is 0 Å². The number of likely N-dealkylation sites (tertiary alicyclic amines) is 2. The fourth-order valence-electron chi connectivity index (χ4n) is 4.70. The highest BCUT2D eigenvalue weighted by molar-refractivity contribution is 5.80. The lowest BCUT2D eigenvalue weighted by molar-refractivity contribution is -0.144. The highest BCUT2D eigenvalue weighted by Crippen LogP contribution is 2.39. The van der Waals surface area contributed by atoms with Crippen LogP contribution in [0.2, 0.25) is 0 Å². The zero-order valence-corrected chi connectivity index (χ0v) is 13.5. The second kappa shape index (κ2) is 6.57. The molecule has 2 heterocycles. The molecule has 0 aromatic rings. The Hall–Kier alpha value is -1.10. The topological polar surface area (TPSA) is 60.9 Å². The molecule has 5 heteroatoms. The molecule has 1 N–H and O–H groups in total. The summed E-state index contributed by atoms with van der Waals surface area (Å²) in [5, 5.41) is 9.53. The van der Waals surface area contributed by atoms with Gasteiger partial charge in [-0.3, -0.25) is 14.5 Å². The zero-order valence-electron chi connectivity index (χ0n) is 13.5. The average Bonchev–Trinajstić information content (AvgIpc) is 2.86. The molecule has 0 radical (unpaired) electrons. The smallest absolute Gasteiger partial charge is 0.320 e. The van der Waals surface area contributed by atoms with Crippen LogP contribution in [0.25, 0.3) is 0 Å². The number of aliphatic carboxylic acids is 1. The minimum absolute atomic E-state index is 0.129. The van der Waals surface area contributed by atoms with Gasteiger partial charge in [0.15, 0.2) is 0 Å². The summed E-state index contributed by atoms with van der Waals surface area (Å²) in [6.45, 7) is 4.15. The highest BCUT2D eigenvalue weighted by Gasteiger charge is 2.46. The van der Waals surface area contributed by atoms with E-state index in [1.165, 1.54) is 19.3 Å². The van der Waals surface area contributed by atoms with Crippen LogP contribution in [0.5, 0.6) is 0 Å². The van der Waals surface area contributed by atoms with Crippen LogP contribution >= 0.6 is 0 Å². The van der Waals surface area contributed by atoms with Gasteiger partial charge < -0.3 is 10.0 Å². The maximum Gasteiger partial charge on any atom is 0.320 e. The number of carboxylic acid groups (broad SMARTS) is 1. The largest absolute Gasteiger partial charge is 0.480 e. The van der Waals surface area contributed by atoms with Crippen LogP contribution in [0.3, 0.4) is 0 Å². The third-order valence-electron chi connectivity index (χ3n) is 5.83. The minimum atomic E-state index is -0.755. The molecule has 4 atom stereocenters. The lowest BCUT2D eigenvalue weighted by Crippen LogP contribution is -2.50. The molecule has 22 heavy (non-hydrogen) atoms. The van der Waals surface area contributed by atoms with Crippen LogP contribution in [0.1, 0.15) is 51.9 Å². The molecule has 0 aromatic carbocycles. The Morgan fingerprint density at radius 2 is 1.91 bits per heavy atom. The average molecular weight is 308 g/mol. The Morgan fingerprint density at radius 3 is 2.64 bits per heavy atom. The number of carbonyl (C=O) groups is 2. The van der Waals surface area contributed by atoms with Gasteiger partial charge in [-0.1, -0.05) is 19.8 Å². The van der Waals surface area contributed by atoms with E-state index >= 15 is 0 Å². The first-order valence-corrected chi connectivity index (χ1v) is 8.82. The van der Waals surface area contributed by atoms with E-state index in [0.29, 0.717) is 24.4 Å². The fourth-order valence-corrected chi connectivity index (χ4v) is 4.70. The van der Waals surface area contributed by atoms with Gasteiger partial charge in [0.1, 0.15) is 6.04 Å². The van der Waals surface area contributed by atoms with E-state index in [0.717, 1.165) is 38.8 Å². The van der Waals surface area contributed by atoms with Gasteiger partial charge in [-0.15, -0.1) is 0 Å². The van der Waals surface area contributed by atoms with Crippen LogP contribution in [0, 0.1) is 11.8 Å². The predicted molar refractivity (Wildman–Crippen MR) is 83.5 cm³/mol. The molecule has 0 spiro atoms. The highest BCUT2D eigenvalue weighted by atomic mass is 16.4. The molecule has 1 aliphatic carbocycles. The lowest BCUT2D eigenvalue weighted by Gasteiger charge is -2.36. The summed E-state index contributed by atoms with van der Waals surface area (Å²) in [6, 6.07) is -0.153. The Kier molecular flexibility index (Phi) is 4.71. The lowest BCUT2D eigenvalue weighted by atomic mass is 9.85. The van der Waals surface area contributed by atoms with E-state index in [1.54, 1.807) is 0 Å². The summed E-state index contributed by atoms with van der Waals surface area (Å²) >= 11 is 0. The molecule has 1 amide bonds. The molecule has 5 nitrogen and oxygen atoms in total. The van der Waals surface area contributed by atoms with Crippen LogP contribution < -0.4 is 0 Å². The molecule has 3 fully saturated rings. The number of hydrogen-bond acceptors (Lipinski definition) is 3. The second-order valence-electron chi connectivity index (χ2n) is 7.46. The van der Waals surface area contributed by atoms with Crippen molar-refractivity contribution >= 4 is 11.9 Å². The molecule has 2 saturated heterocycles. The number of amides is 1. The molecular formula is C17H28N2O3. The summed E-state index contributed by atoms with van der Waals surface area (Å²) in [5.74, 6) is 0.412. The van der Waals surface area contributed by atoms with Gasteiger partial charge in [-0.05, 0) is 43.9 Å². The van der Waals surface area contributed by atoms with Crippen LogP contribution in [0.15, 0.2) is 0 Å². The first-order valence-electron chi connectivity index (χ1n) is 8.82. The van der Waals surface area contributed by atoms with Gasteiger partial charge in [0.2, 0.25) is 5.91 Å². The SMILES string of the molecule is CC1CCCN(C(=O)CN2C(C(=O)O)CC3CCCCC32)C1. The molecule has 3 aliphatic rings. The maximum absolute atomic E-state index is 12.6. The Balaban J connectivity index is 1.67. The Labute approximate surface area is 132 Å². The van der Waals surface area contributed by atoms with Gasteiger partial charge in [0, 0.05) is 19.1 Å². The number of fused-ring (bicyclic) bond motifs is 1. The maximum atomic E-state index is 12.6. The number of carbonyl (C=O) groups excluding carboxylic acids is 1. The predicted octanol–water partition coefficient (Wildman–Crippen LogP) is 1.96. The van der Waals surface area contributed by atoms with Gasteiger partial charge >= 0.3 is 5.97 Å². The van der Waals surface area contributed by atoms with E-state index < -0.39 is 12.0 Å². The van der Waals surface area contributed by atoms with Crippen molar-refractivity contribution in [3.8, 4) is 0 Å². The number of rotatable bonds is 3. The number of carboxylic acids is 1. The van der Waals surface area contributed by atoms with Crippen molar-refractivity contribution in [1.29, 1.82) is 0 Å². The third kappa shape index (κ3) is 3.14. The Morgan fingerprint density at radius 1 is 1.14 bits per heavy atom. The van der Waals surface area contributed by atoms with E-state index in [9.17, 15) is 14.7 Å². The fraction of sp³-hybridized carbons (Fsp3) is 0.882. The molecule has 0 aromatic heterocycles. The third-order valence-corrected chi connectivity index (χ3v) is 5.83. The van der Waals surface area contributed by atoms with Crippen molar-refractivity contribution in [2.24, 2.45) is 11.8 Å². The first-order chi connectivity index (χ1) is 10.6. The number of nitrogens with zero attached hydrogens (tertiary/aromatic N) is 2. The molecule has 4 unspecified atom stereocenters. The van der Waals surface area contributed by atoms with Crippen LogP contribution in [0.4, 0.5) is 0 Å². The van der Waals surface area contributed by atoms with E-state index in [1.807, 2.05) is 9.80 Å². The minimum Gasteiger partial charge on any atom is -0.480 e. The van der Waals surface area contributed by atoms with Gasteiger partial charge in [0.05, 0.1) is 6.54 Å². The molecular weight excluding hydrogens is 280 g/mol. The quantitative estimate of drug-likeness (QED) is 0.866. The van der Waals surface area contributed by atoms with Crippen molar-refractivity contribution in [1.82, 2.24) is 9.80 Å². The van der Waals surface area contributed by atoms with Crippen LogP contribution in [-0.4, -0.2) is 58.5 Å². The summed E-state index contributed by atoms with van der Waals surface area (Å²) < 4.78 is 0. The molecule has 1 saturated carbocycles. The van der Waals surface area contributed by atoms with Crippen molar-refractivity contribution in [3.63, 3.8) is 0 Å². The standard InChI is InChI=1S/C17H28N2O3/c1-12-5-4-8-18(10-12)16(20)11-19-14-7-3-2-6-13(14)9-15(19)17(21)22/h12-15H,2-11H2,1H3,(H,21,22). The number of hydrogen-bond donors (Lipinski definition) is 1. The molecule has 2 aliphatic heterocycles. The Bertz CT molecular complexity index is 440. The zero-order chi connectivity index (χ0) is 15.7. The molecule has 124 valence electrons. The van der Waals surface area contributed by atoms with Gasteiger partial charge in [-0.25, -0.2) is 0 Å². The second-order valence-corrected chi connectivity index (χ2v) is 7.46. The normalized spacial score (nSPS) is 36.1. The van der Waals surface area contributed by atoms with Crippen molar-refractivity contribution in [3.05, 3.63) is 0 Å². The van der Waals surface area contributed by atoms with Gasteiger partial charge in [0.25, 0.3) is 0 Å². The van der Waals surface area contributed by atoms with E-state index in [-0.39, 0.29) is 5.91 Å². The summed E-state index contributed by atoms with van der Waals surface area (Å²) in [4.78, 5) is 28.2. The summed E-state index contributed by atoms with van der Waals surface area (Å²) in [7, 11) is 0. The molecule has 3 rings (SSSR count). The summed E-state index contributed by atoms with van der Waals surface area (Å²) in [5.41, 5.74) is 0. The van der Waals surface area contributed by atoms with Crippen molar-refractivity contribution in [2.45, 2.75) is 64.0 Å². The van der Waals surface area contributed by atoms with E-state index in [4.69, 9.17) is 0 Å². The van der Waals surface area contributed by atoms with Crippen molar-refractivity contribution in [2.75, 3.05) is 19.6 Å². The monoisotopic (exact) mass is 308 g/mol. The first kappa shape index (κ1) is 15.8. The number of piperidine rings is 1. The summed E-state index contributed by atoms with van der Waals surface area (Å²) in [6.07, 6.45) is 7.54. The van der Waals surface area contributed by atoms with Crippen LogP contribution in [-0.2, 0) is 9.59 Å². The van der Waals surface area contributed by atoms with E-state index in [2.05, 4.69) is 6.92 Å².